The third kappa shape index (κ3) is 2.25. The summed E-state index contributed by atoms with van der Waals surface area (Å²) in [6, 6.07) is 3.22. The lowest BCUT2D eigenvalue weighted by Gasteiger charge is -2.06. The van der Waals surface area contributed by atoms with Gasteiger partial charge in [0, 0.05) is 23.7 Å². The molecule has 2 rings (SSSR count). The first kappa shape index (κ1) is 14.4. The van der Waals surface area contributed by atoms with Crippen molar-refractivity contribution in [3.63, 3.8) is 0 Å². The smallest absolute Gasteiger partial charge is 0.340 e. The fourth-order valence-corrected chi connectivity index (χ4v) is 2.63. The zero-order chi connectivity index (χ0) is 14.9. The Morgan fingerprint density at radius 3 is 2.65 bits per heavy atom. The summed E-state index contributed by atoms with van der Waals surface area (Å²) < 4.78 is 6.94. The number of benzene rings is 1. The molecule has 0 spiro atoms. The molecule has 1 aromatic heterocycles. The van der Waals surface area contributed by atoms with Crippen LogP contribution in [0.25, 0.3) is 10.9 Å². The minimum absolute atomic E-state index is 0.0401. The van der Waals surface area contributed by atoms with Crippen LogP contribution in [0.2, 0.25) is 0 Å². The Morgan fingerprint density at radius 1 is 1.35 bits per heavy atom. The second-order valence-corrected chi connectivity index (χ2v) is 4.71. The number of ether oxygens (including phenoxy) is 1. The van der Waals surface area contributed by atoms with E-state index in [0.717, 1.165) is 22.2 Å². The lowest BCUT2D eigenvalue weighted by atomic mass is 10.1. The maximum Gasteiger partial charge on any atom is 0.340 e. The summed E-state index contributed by atoms with van der Waals surface area (Å²) in [5, 5.41) is 19.7. The Kier molecular flexibility index (Phi) is 3.99. The first-order valence-corrected chi connectivity index (χ1v) is 6.61. The first-order chi connectivity index (χ1) is 9.51. The molecule has 0 bridgehead atoms. The van der Waals surface area contributed by atoms with Crippen LogP contribution in [0.4, 0.5) is 0 Å². The van der Waals surface area contributed by atoms with Crippen LogP contribution in [0.3, 0.4) is 0 Å². The number of hydrogen-bond donors (Lipinski definition) is 2. The molecule has 1 aromatic carbocycles. The second-order valence-electron chi connectivity index (χ2n) is 4.71. The van der Waals surface area contributed by atoms with Crippen LogP contribution >= 0.6 is 0 Å². The van der Waals surface area contributed by atoms with E-state index in [-0.39, 0.29) is 18.3 Å². The molecule has 0 atom stereocenters. The van der Waals surface area contributed by atoms with Crippen LogP contribution in [0.15, 0.2) is 12.1 Å². The zero-order valence-electron chi connectivity index (χ0n) is 11.9. The molecule has 0 amide bonds. The Bertz CT molecular complexity index is 658. The van der Waals surface area contributed by atoms with Crippen LogP contribution < -0.4 is 0 Å². The number of nitrogens with zero attached hydrogens (tertiary/aromatic N) is 1. The Morgan fingerprint density at radius 2 is 2.05 bits per heavy atom. The fraction of sp³-hybridized carbons (Fsp3) is 0.400. The molecule has 0 aliphatic carbocycles. The first-order valence-electron chi connectivity index (χ1n) is 6.61. The van der Waals surface area contributed by atoms with Crippen molar-refractivity contribution in [3.05, 3.63) is 29.0 Å². The van der Waals surface area contributed by atoms with E-state index < -0.39 is 0 Å². The van der Waals surface area contributed by atoms with Gasteiger partial charge < -0.3 is 19.5 Å². The van der Waals surface area contributed by atoms with Crippen molar-refractivity contribution in [1.82, 2.24) is 4.57 Å². The Balaban J connectivity index is 2.79. The number of hydrogen-bond acceptors (Lipinski definition) is 4. The third-order valence-corrected chi connectivity index (χ3v) is 3.41. The standard InChI is InChI=1S/C15H19NO4/c1-4-20-15(19)14-10(3)16(5-6-17)12-8-11(18)7-9(2)13(12)14/h7-8,17-18H,4-6H2,1-3H3. The van der Waals surface area contributed by atoms with Gasteiger partial charge in [-0.25, -0.2) is 4.79 Å². The highest BCUT2D eigenvalue weighted by Gasteiger charge is 2.22. The topological polar surface area (TPSA) is 71.7 Å². The minimum Gasteiger partial charge on any atom is -0.508 e. The summed E-state index contributed by atoms with van der Waals surface area (Å²) in [6.45, 7) is 6.05. The van der Waals surface area contributed by atoms with E-state index >= 15 is 0 Å². The fourth-order valence-electron chi connectivity index (χ4n) is 2.63. The number of phenols is 1. The van der Waals surface area contributed by atoms with Gasteiger partial charge in [0.05, 0.1) is 24.3 Å². The van der Waals surface area contributed by atoms with Gasteiger partial charge in [-0.3, -0.25) is 0 Å². The highest BCUT2D eigenvalue weighted by Crippen LogP contribution is 2.32. The maximum absolute atomic E-state index is 12.2. The highest BCUT2D eigenvalue weighted by atomic mass is 16.5. The SMILES string of the molecule is CCOC(=O)c1c(C)n(CCO)c2cc(O)cc(C)c12. The van der Waals surface area contributed by atoms with Crippen LogP contribution in [-0.4, -0.2) is 34.0 Å². The number of esters is 1. The summed E-state index contributed by atoms with van der Waals surface area (Å²) in [5.74, 6) is -0.234. The molecule has 108 valence electrons. The number of aliphatic hydroxyl groups is 1. The largest absolute Gasteiger partial charge is 0.508 e. The van der Waals surface area contributed by atoms with Gasteiger partial charge >= 0.3 is 5.97 Å². The molecule has 0 aliphatic heterocycles. The third-order valence-electron chi connectivity index (χ3n) is 3.41. The van der Waals surface area contributed by atoms with Crippen molar-refractivity contribution < 1.29 is 19.7 Å². The molecule has 0 saturated carbocycles. The molecule has 0 unspecified atom stereocenters. The van der Waals surface area contributed by atoms with Gasteiger partial charge in [-0.15, -0.1) is 0 Å². The van der Waals surface area contributed by atoms with Crippen LogP contribution in [0, 0.1) is 13.8 Å². The lowest BCUT2D eigenvalue weighted by molar-refractivity contribution is 0.0527. The predicted octanol–water partition coefficient (Wildman–Crippen LogP) is 2.13. The molecule has 0 aliphatic rings. The summed E-state index contributed by atoms with van der Waals surface area (Å²) in [5.41, 5.74) is 2.79. The van der Waals surface area contributed by atoms with Gasteiger partial charge in [0.1, 0.15) is 5.75 Å². The summed E-state index contributed by atoms with van der Waals surface area (Å²) >= 11 is 0. The van der Waals surface area contributed by atoms with Crippen molar-refractivity contribution in [2.24, 2.45) is 0 Å². The number of aromatic hydroxyl groups is 1. The van der Waals surface area contributed by atoms with Gasteiger partial charge in [0.15, 0.2) is 0 Å². The Hall–Kier alpha value is -2.01. The number of carbonyl (C=O) groups is 1. The zero-order valence-corrected chi connectivity index (χ0v) is 11.9. The quantitative estimate of drug-likeness (QED) is 0.840. The molecule has 5 heteroatoms. The van der Waals surface area contributed by atoms with Gasteiger partial charge in [0.2, 0.25) is 0 Å². The second kappa shape index (κ2) is 5.54. The molecular weight excluding hydrogens is 258 g/mol. The van der Waals surface area contributed by atoms with Gasteiger partial charge in [-0.1, -0.05) is 0 Å². The number of rotatable bonds is 4. The molecule has 20 heavy (non-hydrogen) atoms. The minimum atomic E-state index is -0.375. The normalized spacial score (nSPS) is 11.0. The van der Waals surface area contributed by atoms with Crippen molar-refractivity contribution in [3.8, 4) is 5.75 Å². The maximum atomic E-state index is 12.2. The van der Waals surface area contributed by atoms with Crippen molar-refractivity contribution in [2.75, 3.05) is 13.2 Å². The van der Waals surface area contributed by atoms with Crippen LogP contribution in [-0.2, 0) is 11.3 Å². The van der Waals surface area contributed by atoms with E-state index in [2.05, 4.69) is 0 Å². The molecule has 1 heterocycles. The Labute approximate surface area is 117 Å². The molecule has 2 aromatic rings. The van der Waals surface area contributed by atoms with E-state index in [1.54, 1.807) is 19.1 Å². The average Bonchev–Trinajstić information content (AvgIpc) is 2.64. The predicted molar refractivity (Wildman–Crippen MR) is 76.1 cm³/mol. The van der Waals surface area contributed by atoms with E-state index in [1.165, 1.54) is 0 Å². The monoisotopic (exact) mass is 277 g/mol. The van der Waals surface area contributed by atoms with E-state index in [9.17, 15) is 15.0 Å². The molecular formula is C15H19NO4. The van der Waals surface area contributed by atoms with E-state index in [0.29, 0.717) is 18.7 Å². The summed E-state index contributed by atoms with van der Waals surface area (Å²) in [4.78, 5) is 12.2. The molecule has 0 radical (unpaired) electrons. The number of carbonyl (C=O) groups excluding carboxylic acids is 1. The van der Waals surface area contributed by atoms with E-state index in [1.807, 2.05) is 18.4 Å². The molecule has 5 nitrogen and oxygen atoms in total. The van der Waals surface area contributed by atoms with Crippen molar-refractivity contribution in [2.45, 2.75) is 27.3 Å². The number of aliphatic hydroxyl groups excluding tert-OH is 1. The number of aryl methyl sites for hydroxylation is 1. The molecule has 0 fully saturated rings. The van der Waals surface area contributed by atoms with Crippen molar-refractivity contribution in [1.29, 1.82) is 0 Å². The van der Waals surface area contributed by atoms with Crippen molar-refractivity contribution >= 4 is 16.9 Å². The molecule has 2 N–H and O–H groups in total. The van der Waals surface area contributed by atoms with E-state index in [4.69, 9.17) is 4.74 Å². The lowest BCUT2D eigenvalue weighted by Crippen LogP contribution is -2.08. The molecule has 0 saturated heterocycles. The van der Waals surface area contributed by atoms with Gasteiger partial charge in [-0.2, -0.15) is 0 Å². The average molecular weight is 277 g/mol. The van der Waals surface area contributed by atoms with Crippen LogP contribution in [0.5, 0.6) is 5.75 Å². The number of phenolic OH excluding ortho intramolecular Hbond substituents is 1. The van der Waals surface area contributed by atoms with Crippen LogP contribution in [0.1, 0.15) is 28.5 Å². The summed E-state index contributed by atoms with van der Waals surface area (Å²) in [7, 11) is 0. The number of fused-ring (bicyclic) bond motifs is 1. The number of aromatic nitrogens is 1. The van der Waals surface area contributed by atoms with Gasteiger partial charge in [0.25, 0.3) is 0 Å². The highest BCUT2D eigenvalue weighted by molar-refractivity contribution is 6.07. The summed E-state index contributed by atoms with van der Waals surface area (Å²) in [6.07, 6.45) is 0. The van der Waals surface area contributed by atoms with Gasteiger partial charge in [-0.05, 0) is 32.4 Å².